The molecule has 0 saturated heterocycles. The van der Waals surface area contributed by atoms with Crippen molar-refractivity contribution >= 4 is 5.82 Å². The second kappa shape index (κ2) is 7.53. The normalized spacial score (nSPS) is 22.2. The lowest BCUT2D eigenvalue weighted by Gasteiger charge is -2.36. The number of phenolic OH excluding ortho intramolecular Hbond substituents is 1. The Kier molecular flexibility index (Phi) is 4.93. The summed E-state index contributed by atoms with van der Waals surface area (Å²) in [4.78, 5) is 10.2. The lowest BCUT2D eigenvalue weighted by Crippen LogP contribution is -2.43. The largest absolute Gasteiger partial charge is 0.507 e. The van der Waals surface area contributed by atoms with Crippen molar-refractivity contribution in [3.05, 3.63) is 43.1 Å². The van der Waals surface area contributed by atoms with Crippen molar-refractivity contribution in [2.45, 2.75) is 38.4 Å². The Morgan fingerprint density at radius 1 is 1.25 bits per heavy atom. The first kappa shape index (κ1) is 18.3. The van der Waals surface area contributed by atoms with Crippen molar-refractivity contribution < 1.29 is 9.50 Å². The Hall–Kier alpha value is -3.03. The number of phenols is 1. The highest BCUT2D eigenvalue weighted by atomic mass is 19.1. The van der Waals surface area contributed by atoms with Crippen LogP contribution in [0.2, 0.25) is 0 Å². The second-order valence-corrected chi connectivity index (χ2v) is 7.42. The molecule has 0 aliphatic heterocycles. The molecule has 0 amide bonds. The zero-order chi connectivity index (χ0) is 19.7. The molecule has 146 valence electrons. The fraction of sp³-hybridized carbons (Fsp3) is 0.400. The zero-order valence-corrected chi connectivity index (χ0v) is 15.9. The number of halogens is 1. The number of hydrogen-bond acceptors (Lipinski definition) is 6. The summed E-state index contributed by atoms with van der Waals surface area (Å²) in [6, 6.07) is 5.00. The molecule has 1 aromatic carbocycles. The van der Waals surface area contributed by atoms with Gasteiger partial charge in [0, 0.05) is 25.5 Å². The molecule has 1 fully saturated rings. The minimum atomic E-state index is -0.880. The van der Waals surface area contributed by atoms with Gasteiger partial charge in [0.05, 0.1) is 29.8 Å². The number of aromatic nitrogens is 5. The van der Waals surface area contributed by atoms with Gasteiger partial charge in [-0.2, -0.15) is 0 Å². The highest BCUT2D eigenvalue weighted by molar-refractivity contribution is 5.66. The average Bonchev–Trinajstić information content (AvgIpc) is 3.22. The van der Waals surface area contributed by atoms with E-state index in [-0.39, 0.29) is 11.8 Å². The lowest BCUT2D eigenvalue weighted by atomic mass is 9.85. The Morgan fingerprint density at radius 2 is 2.11 bits per heavy atom. The molecule has 1 aliphatic carbocycles. The summed E-state index contributed by atoms with van der Waals surface area (Å²) < 4.78 is 16.2. The third-order valence-corrected chi connectivity index (χ3v) is 5.43. The summed E-state index contributed by atoms with van der Waals surface area (Å²) in [6.07, 6.45) is 8.19. The summed E-state index contributed by atoms with van der Waals surface area (Å²) in [5.41, 5.74) is 1.27. The van der Waals surface area contributed by atoms with Crippen LogP contribution in [0.5, 0.6) is 5.75 Å². The number of hydrogen-bond donors (Lipinski definition) is 1. The van der Waals surface area contributed by atoms with Crippen molar-refractivity contribution in [1.29, 1.82) is 0 Å². The van der Waals surface area contributed by atoms with Gasteiger partial charge in [-0.25, -0.2) is 14.4 Å². The van der Waals surface area contributed by atoms with Crippen LogP contribution in [0.4, 0.5) is 10.2 Å². The van der Waals surface area contributed by atoms with E-state index in [2.05, 4.69) is 27.1 Å². The Morgan fingerprint density at radius 3 is 2.75 bits per heavy atom. The van der Waals surface area contributed by atoms with Crippen LogP contribution < -0.4 is 4.90 Å². The highest BCUT2D eigenvalue weighted by Gasteiger charge is 2.32. The van der Waals surface area contributed by atoms with Gasteiger partial charge in [0.25, 0.3) is 0 Å². The molecule has 3 aromatic rings. The van der Waals surface area contributed by atoms with Crippen molar-refractivity contribution in [1.82, 2.24) is 24.7 Å². The minimum absolute atomic E-state index is 0.0548. The number of anilines is 1. The number of rotatable bonds is 4. The van der Waals surface area contributed by atoms with Crippen LogP contribution in [-0.2, 0) is 0 Å². The van der Waals surface area contributed by atoms with Gasteiger partial charge in [-0.15, -0.1) is 10.2 Å². The molecule has 28 heavy (non-hydrogen) atoms. The quantitative estimate of drug-likeness (QED) is 0.745. The van der Waals surface area contributed by atoms with E-state index in [0.29, 0.717) is 29.5 Å². The molecule has 3 atom stereocenters. The van der Waals surface area contributed by atoms with Crippen LogP contribution in [0.15, 0.2) is 43.1 Å². The minimum Gasteiger partial charge on any atom is -0.507 e. The van der Waals surface area contributed by atoms with Gasteiger partial charge >= 0.3 is 0 Å². The third-order valence-electron chi connectivity index (χ3n) is 5.43. The standard InChI is InChI=1S/C20H23FN6O/c1-13-3-6-17(16(21)9-13)26(2)19-11-23-20(25-24-19)15-5-4-14(10-18(15)28)27-8-7-22-12-27/h4-5,7-8,10-13,16-17,28H,3,6,9H2,1-2H3/t13?,16-,17-/m0/s1. The van der Waals surface area contributed by atoms with Gasteiger partial charge in [-0.1, -0.05) is 6.92 Å². The first-order valence-corrected chi connectivity index (χ1v) is 9.41. The van der Waals surface area contributed by atoms with Gasteiger partial charge in [0.2, 0.25) is 0 Å². The fourth-order valence-corrected chi connectivity index (χ4v) is 3.74. The van der Waals surface area contributed by atoms with Gasteiger partial charge in [0.15, 0.2) is 11.6 Å². The fourth-order valence-electron chi connectivity index (χ4n) is 3.74. The van der Waals surface area contributed by atoms with E-state index in [1.807, 2.05) is 18.0 Å². The van der Waals surface area contributed by atoms with E-state index < -0.39 is 6.17 Å². The average molecular weight is 382 g/mol. The number of alkyl halides is 1. The highest BCUT2D eigenvalue weighted by Crippen LogP contribution is 2.32. The van der Waals surface area contributed by atoms with Crippen LogP contribution >= 0.6 is 0 Å². The van der Waals surface area contributed by atoms with Gasteiger partial charge in [-0.05, 0) is 37.3 Å². The van der Waals surface area contributed by atoms with E-state index in [9.17, 15) is 9.50 Å². The maximum atomic E-state index is 14.4. The van der Waals surface area contributed by atoms with Crippen LogP contribution in [0, 0.1) is 5.92 Å². The SMILES string of the molecule is CC1CC[C@H](N(C)c2cnc(-c3ccc(-n4ccnc4)cc3O)nn2)[C@@H](F)C1. The molecule has 1 saturated carbocycles. The van der Waals surface area contributed by atoms with Gasteiger partial charge in [-0.3, -0.25) is 0 Å². The van der Waals surface area contributed by atoms with Gasteiger partial charge < -0.3 is 14.6 Å². The predicted octanol–water partition coefficient (Wildman–Crippen LogP) is 3.39. The zero-order valence-electron chi connectivity index (χ0n) is 15.9. The summed E-state index contributed by atoms with van der Waals surface area (Å²) in [5.74, 6) is 1.32. The molecule has 2 aromatic heterocycles. The molecule has 1 unspecified atom stereocenters. The Bertz CT molecular complexity index is 930. The molecule has 4 rings (SSSR count). The van der Waals surface area contributed by atoms with E-state index in [1.54, 1.807) is 41.6 Å². The predicted molar refractivity (Wildman–Crippen MR) is 104 cm³/mol. The Labute approximate surface area is 162 Å². The maximum absolute atomic E-state index is 14.4. The molecule has 1 aliphatic rings. The van der Waals surface area contributed by atoms with Crippen LogP contribution in [0.3, 0.4) is 0 Å². The van der Waals surface area contributed by atoms with Crippen molar-refractivity contribution in [3.63, 3.8) is 0 Å². The molecule has 2 heterocycles. The molecule has 7 nitrogen and oxygen atoms in total. The topological polar surface area (TPSA) is 80.0 Å². The van der Waals surface area contributed by atoms with E-state index in [4.69, 9.17) is 0 Å². The number of nitrogens with zero attached hydrogens (tertiary/aromatic N) is 6. The molecule has 8 heteroatoms. The van der Waals surface area contributed by atoms with Crippen LogP contribution in [0.25, 0.3) is 17.1 Å². The smallest absolute Gasteiger partial charge is 0.185 e. The van der Waals surface area contributed by atoms with E-state index >= 15 is 0 Å². The molecular formula is C20H23FN6O. The third kappa shape index (κ3) is 3.54. The van der Waals surface area contributed by atoms with Crippen molar-refractivity contribution in [2.24, 2.45) is 5.92 Å². The maximum Gasteiger partial charge on any atom is 0.185 e. The second-order valence-electron chi connectivity index (χ2n) is 7.42. The Balaban J connectivity index is 1.53. The summed E-state index contributed by atoms with van der Waals surface area (Å²) >= 11 is 0. The monoisotopic (exact) mass is 382 g/mol. The molecule has 0 spiro atoms. The lowest BCUT2D eigenvalue weighted by molar-refractivity contribution is 0.175. The number of imidazole rings is 1. The first-order valence-electron chi connectivity index (χ1n) is 9.41. The van der Waals surface area contributed by atoms with Crippen molar-refractivity contribution in [2.75, 3.05) is 11.9 Å². The summed E-state index contributed by atoms with van der Waals surface area (Å²) in [5, 5.41) is 18.8. The number of aromatic hydroxyl groups is 1. The molecule has 1 N–H and O–H groups in total. The first-order chi connectivity index (χ1) is 13.5. The van der Waals surface area contributed by atoms with E-state index in [0.717, 1.165) is 18.5 Å². The van der Waals surface area contributed by atoms with Crippen molar-refractivity contribution in [3.8, 4) is 22.8 Å². The molecular weight excluding hydrogens is 359 g/mol. The summed E-state index contributed by atoms with van der Waals surface area (Å²) in [6.45, 7) is 2.09. The number of benzene rings is 1. The molecule has 0 bridgehead atoms. The van der Waals surface area contributed by atoms with E-state index in [1.165, 1.54) is 0 Å². The summed E-state index contributed by atoms with van der Waals surface area (Å²) in [7, 11) is 1.83. The van der Waals surface area contributed by atoms with Crippen LogP contribution in [-0.4, -0.2) is 49.1 Å². The van der Waals surface area contributed by atoms with Crippen LogP contribution in [0.1, 0.15) is 26.2 Å². The molecule has 0 radical (unpaired) electrons. The van der Waals surface area contributed by atoms with Gasteiger partial charge in [0.1, 0.15) is 11.9 Å².